The first kappa shape index (κ1) is 12.4. The van der Waals surface area contributed by atoms with Crippen molar-refractivity contribution in [2.24, 2.45) is 5.73 Å². The highest BCUT2D eigenvalue weighted by molar-refractivity contribution is 5.78. The van der Waals surface area contributed by atoms with E-state index < -0.39 is 0 Å². The topological polar surface area (TPSA) is 26.0 Å². The van der Waals surface area contributed by atoms with Crippen LogP contribution in [0.3, 0.4) is 0 Å². The molecular weight excluding hydrogens is 230 g/mol. The molecule has 0 spiro atoms. The quantitative estimate of drug-likeness (QED) is 0.742. The normalized spacial score (nSPS) is 14.0. The lowest BCUT2D eigenvalue weighted by molar-refractivity contribution is 0.610. The van der Waals surface area contributed by atoms with E-state index in [0.29, 0.717) is 5.92 Å². The van der Waals surface area contributed by atoms with Gasteiger partial charge in [-0.1, -0.05) is 49.4 Å². The van der Waals surface area contributed by atoms with Crippen molar-refractivity contribution in [2.75, 3.05) is 6.54 Å². The van der Waals surface area contributed by atoms with Crippen LogP contribution in [0.1, 0.15) is 42.4 Å². The molecule has 2 aromatic carbocycles. The van der Waals surface area contributed by atoms with Crippen molar-refractivity contribution in [3.8, 4) is 11.1 Å². The summed E-state index contributed by atoms with van der Waals surface area (Å²) in [4.78, 5) is 0. The lowest BCUT2D eigenvalue weighted by Crippen LogP contribution is -2.08. The van der Waals surface area contributed by atoms with Crippen LogP contribution in [-0.4, -0.2) is 6.54 Å². The lowest BCUT2D eigenvalue weighted by atomic mass is 9.87. The average molecular weight is 251 g/mol. The molecule has 2 aromatic rings. The molecule has 1 nitrogen and oxygen atoms in total. The number of fused-ring (bicyclic) bond motifs is 3. The van der Waals surface area contributed by atoms with E-state index in [4.69, 9.17) is 5.73 Å². The second-order valence-electron chi connectivity index (χ2n) is 5.39. The van der Waals surface area contributed by atoms with Crippen molar-refractivity contribution >= 4 is 0 Å². The van der Waals surface area contributed by atoms with Gasteiger partial charge in [0.15, 0.2) is 0 Å². The Bertz CT molecular complexity index is 586. The molecule has 0 radical (unpaired) electrons. The lowest BCUT2D eigenvalue weighted by Gasteiger charge is -2.18. The van der Waals surface area contributed by atoms with Crippen LogP contribution in [0.2, 0.25) is 0 Å². The summed E-state index contributed by atoms with van der Waals surface area (Å²) in [6.07, 6.45) is 3.34. The number of hydrogen-bond donors (Lipinski definition) is 1. The van der Waals surface area contributed by atoms with E-state index in [-0.39, 0.29) is 0 Å². The van der Waals surface area contributed by atoms with Crippen molar-refractivity contribution in [3.05, 3.63) is 59.2 Å². The summed E-state index contributed by atoms with van der Waals surface area (Å²) in [5, 5.41) is 0. The van der Waals surface area contributed by atoms with E-state index in [9.17, 15) is 0 Å². The summed E-state index contributed by atoms with van der Waals surface area (Å²) in [5.74, 6) is 0.606. The fourth-order valence-corrected chi connectivity index (χ4v) is 3.35. The van der Waals surface area contributed by atoms with Crippen LogP contribution >= 0.6 is 0 Å². The molecule has 1 unspecified atom stereocenters. The third kappa shape index (κ3) is 2.08. The van der Waals surface area contributed by atoms with Gasteiger partial charge in [0.05, 0.1) is 0 Å². The van der Waals surface area contributed by atoms with E-state index in [2.05, 4.69) is 49.4 Å². The number of rotatable bonds is 4. The second kappa shape index (κ2) is 5.18. The highest BCUT2D eigenvalue weighted by Gasteiger charge is 2.23. The molecule has 0 amide bonds. The number of nitrogens with two attached hydrogens (primary N) is 1. The highest BCUT2D eigenvalue weighted by Crippen LogP contribution is 2.41. The van der Waals surface area contributed by atoms with Crippen LogP contribution in [-0.2, 0) is 6.42 Å². The summed E-state index contributed by atoms with van der Waals surface area (Å²) in [6.45, 7) is 3.04. The molecule has 98 valence electrons. The summed E-state index contributed by atoms with van der Waals surface area (Å²) >= 11 is 0. The van der Waals surface area contributed by atoms with Gasteiger partial charge in [0, 0.05) is 0 Å². The van der Waals surface area contributed by atoms with Gasteiger partial charge in [-0.3, -0.25) is 0 Å². The van der Waals surface area contributed by atoms with Crippen LogP contribution in [0, 0.1) is 0 Å². The van der Waals surface area contributed by atoms with E-state index in [1.165, 1.54) is 34.2 Å². The summed E-state index contributed by atoms with van der Waals surface area (Å²) in [5.41, 5.74) is 13.1. The summed E-state index contributed by atoms with van der Waals surface area (Å²) in [6, 6.07) is 15.5. The molecule has 2 N–H and O–H groups in total. The van der Waals surface area contributed by atoms with Crippen molar-refractivity contribution in [2.45, 2.75) is 32.1 Å². The first-order chi connectivity index (χ1) is 9.35. The van der Waals surface area contributed by atoms with Gasteiger partial charge in [0.2, 0.25) is 0 Å². The summed E-state index contributed by atoms with van der Waals surface area (Å²) in [7, 11) is 0. The largest absolute Gasteiger partial charge is 0.330 e. The Kier molecular flexibility index (Phi) is 3.39. The van der Waals surface area contributed by atoms with Crippen molar-refractivity contribution < 1.29 is 0 Å². The Hall–Kier alpha value is -1.60. The van der Waals surface area contributed by atoms with E-state index in [1.807, 2.05) is 0 Å². The first-order valence-corrected chi connectivity index (χ1v) is 7.25. The SMILES string of the molecule is CCC(CCN)c1cccc2c1Cc1ccccc1-2. The van der Waals surface area contributed by atoms with Gasteiger partial charge < -0.3 is 5.73 Å². The van der Waals surface area contributed by atoms with Gasteiger partial charge in [-0.25, -0.2) is 0 Å². The molecule has 0 aliphatic heterocycles. The maximum absolute atomic E-state index is 5.77. The minimum absolute atomic E-state index is 0.606. The van der Waals surface area contributed by atoms with Gasteiger partial charge in [0.25, 0.3) is 0 Å². The molecule has 1 aliphatic rings. The first-order valence-electron chi connectivity index (χ1n) is 7.25. The smallest absolute Gasteiger partial charge is 0.00106 e. The zero-order chi connectivity index (χ0) is 13.2. The van der Waals surface area contributed by atoms with Gasteiger partial charge >= 0.3 is 0 Å². The Labute approximate surface area is 115 Å². The molecule has 0 heterocycles. The third-order valence-electron chi connectivity index (χ3n) is 4.33. The molecule has 0 saturated heterocycles. The maximum Gasteiger partial charge on any atom is -0.00106 e. The third-order valence-corrected chi connectivity index (χ3v) is 4.33. The molecular formula is C18H21N. The van der Waals surface area contributed by atoms with Crippen molar-refractivity contribution in [3.63, 3.8) is 0 Å². The van der Waals surface area contributed by atoms with E-state index in [1.54, 1.807) is 0 Å². The van der Waals surface area contributed by atoms with E-state index >= 15 is 0 Å². The fourth-order valence-electron chi connectivity index (χ4n) is 3.35. The molecule has 1 aliphatic carbocycles. The molecule has 3 rings (SSSR count). The van der Waals surface area contributed by atoms with Gasteiger partial charge in [-0.05, 0) is 59.5 Å². The molecule has 0 aromatic heterocycles. The average Bonchev–Trinajstić information content (AvgIpc) is 2.83. The molecule has 0 saturated carbocycles. The zero-order valence-corrected chi connectivity index (χ0v) is 11.5. The van der Waals surface area contributed by atoms with Gasteiger partial charge in [0.1, 0.15) is 0 Å². The molecule has 1 atom stereocenters. The predicted octanol–water partition coefficient (Wildman–Crippen LogP) is 4.10. The molecule has 1 heteroatoms. The Morgan fingerprint density at radius 1 is 1.05 bits per heavy atom. The van der Waals surface area contributed by atoms with Crippen molar-refractivity contribution in [1.29, 1.82) is 0 Å². The Balaban J connectivity index is 2.07. The highest BCUT2D eigenvalue weighted by atomic mass is 14.5. The molecule has 19 heavy (non-hydrogen) atoms. The van der Waals surface area contributed by atoms with Gasteiger partial charge in [-0.2, -0.15) is 0 Å². The van der Waals surface area contributed by atoms with Crippen LogP contribution in [0.15, 0.2) is 42.5 Å². The Morgan fingerprint density at radius 2 is 1.84 bits per heavy atom. The van der Waals surface area contributed by atoms with Crippen LogP contribution < -0.4 is 5.73 Å². The zero-order valence-electron chi connectivity index (χ0n) is 11.5. The predicted molar refractivity (Wildman–Crippen MR) is 81.4 cm³/mol. The fraction of sp³-hybridized carbons (Fsp3) is 0.333. The van der Waals surface area contributed by atoms with Crippen LogP contribution in [0.5, 0.6) is 0 Å². The molecule has 0 bridgehead atoms. The molecule has 0 fully saturated rings. The maximum atomic E-state index is 5.77. The summed E-state index contributed by atoms with van der Waals surface area (Å²) < 4.78 is 0. The van der Waals surface area contributed by atoms with Crippen molar-refractivity contribution in [1.82, 2.24) is 0 Å². The standard InChI is InChI=1S/C18H21N/c1-2-13(10-11-19)15-8-5-9-17-16-7-4-3-6-14(16)12-18(15)17/h3-9,13H,2,10-12,19H2,1H3. The minimum atomic E-state index is 0.606. The Morgan fingerprint density at radius 3 is 2.63 bits per heavy atom. The van der Waals surface area contributed by atoms with Gasteiger partial charge in [-0.15, -0.1) is 0 Å². The number of benzene rings is 2. The monoisotopic (exact) mass is 251 g/mol. The second-order valence-corrected chi connectivity index (χ2v) is 5.39. The van der Waals surface area contributed by atoms with E-state index in [0.717, 1.165) is 19.4 Å². The number of hydrogen-bond acceptors (Lipinski definition) is 1. The van der Waals surface area contributed by atoms with Crippen LogP contribution in [0.25, 0.3) is 11.1 Å². The van der Waals surface area contributed by atoms with Crippen LogP contribution in [0.4, 0.5) is 0 Å². The minimum Gasteiger partial charge on any atom is -0.330 e.